The molecule has 0 atom stereocenters. The molecule has 0 heterocycles. The SMILES string of the molecule is COc1ccc(N=Cc2cc(F)cc(C3CCC(C)CC3)c2O)cc1. The van der Waals surface area contributed by atoms with Gasteiger partial charge in [-0.15, -0.1) is 0 Å². The molecule has 2 aromatic rings. The van der Waals surface area contributed by atoms with E-state index in [-0.39, 0.29) is 17.5 Å². The van der Waals surface area contributed by atoms with E-state index in [1.807, 2.05) is 24.3 Å². The van der Waals surface area contributed by atoms with Gasteiger partial charge >= 0.3 is 0 Å². The first-order chi connectivity index (χ1) is 12.1. The molecular formula is C21H24FNO2. The van der Waals surface area contributed by atoms with Crippen LogP contribution < -0.4 is 4.74 Å². The Hall–Kier alpha value is -2.36. The maximum Gasteiger partial charge on any atom is 0.128 e. The zero-order valence-electron chi connectivity index (χ0n) is 14.7. The number of rotatable bonds is 4. The van der Waals surface area contributed by atoms with Crippen LogP contribution in [0.25, 0.3) is 0 Å². The normalized spacial score (nSPS) is 20.8. The molecule has 132 valence electrons. The highest BCUT2D eigenvalue weighted by Gasteiger charge is 2.23. The van der Waals surface area contributed by atoms with Gasteiger partial charge in [0.25, 0.3) is 0 Å². The highest BCUT2D eigenvalue weighted by Crippen LogP contribution is 2.40. The van der Waals surface area contributed by atoms with Gasteiger partial charge in [-0.25, -0.2) is 4.39 Å². The van der Waals surface area contributed by atoms with Gasteiger partial charge in [0.1, 0.15) is 17.3 Å². The summed E-state index contributed by atoms with van der Waals surface area (Å²) in [4.78, 5) is 4.34. The van der Waals surface area contributed by atoms with Gasteiger partial charge in [0.15, 0.2) is 0 Å². The lowest BCUT2D eigenvalue weighted by Crippen LogP contribution is -2.11. The lowest BCUT2D eigenvalue weighted by Gasteiger charge is -2.27. The van der Waals surface area contributed by atoms with Crippen molar-refractivity contribution >= 4 is 11.9 Å². The highest BCUT2D eigenvalue weighted by atomic mass is 19.1. The van der Waals surface area contributed by atoms with E-state index < -0.39 is 0 Å². The van der Waals surface area contributed by atoms with E-state index in [0.717, 1.165) is 37.1 Å². The van der Waals surface area contributed by atoms with Crippen LogP contribution in [0.15, 0.2) is 41.4 Å². The predicted octanol–water partition coefficient (Wildman–Crippen LogP) is 5.58. The van der Waals surface area contributed by atoms with Crippen LogP contribution in [-0.4, -0.2) is 18.4 Å². The lowest BCUT2D eigenvalue weighted by molar-refractivity contribution is 0.339. The standard InChI is InChI=1S/C21H24FNO2/c1-14-3-5-15(6-4-14)20-12-17(22)11-16(21(20)24)13-23-18-7-9-19(25-2)10-8-18/h7-15,24H,3-6H2,1-2H3. The Kier molecular flexibility index (Phi) is 5.37. The molecule has 0 aromatic heterocycles. The quantitative estimate of drug-likeness (QED) is 0.737. The third-order valence-corrected chi connectivity index (χ3v) is 5.01. The van der Waals surface area contributed by atoms with E-state index in [9.17, 15) is 9.50 Å². The van der Waals surface area contributed by atoms with Crippen LogP contribution in [0.4, 0.5) is 10.1 Å². The van der Waals surface area contributed by atoms with Crippen molar-refractivity contribution in [2.24, 2.45) is 10.9 Å². The molecule has 1 fully saturated rings. The molecule has 1 aliphatic rings. The van der Waals surface area contributed by atoms with E-state index >= 15 is 0 Å². The summed E-state index contributed by atoms with van der Waals surface area (Å²) < 4.78 is 19.2. The number of benzene rings is 2. The molecular weight excluding hydrogens is 317 g/mol. The fraction of sp³-hybridized carbons (Fsp3) is 0.381. The molecule has 3 rings (SSSR count). The Morgan fingerprint density at radius 2 is 1.80 bits per heavy atom. The zero-order valence-corrected chi connectivity index (χ0v) is 14.7. The van der Waals surface area contributed by atoms with E-state index in [1.54, 1.807) is 7.11 Å². The van der Waals surface area contributed by atoms with Crippen LogP contribution in [0.5, 0.6) is 11.5 Å². The number of hydrogen-bond donors (Lipinski definition) is 1. The van der Waals surface area contributed by atoms with Crippen molar-refractivity contribution in [2.75, 3.05) is 7.11 Å². The number of halogens is 1. The van der Waals surface area contributed by atoms with E-state index in [4.69, 9.17) is 4.74 Å². The molecule has 0 bridgehead atoms. The van der Waals surface area contributed by atoms with E-state index in [0.29, 0.717) is 17.0 Å². The van der Waals surface area contributed by atoms with Crippen LogP contribution in [0.1, 0.15) is 49.7 Å². The Morgan fingerprint density at radius 3 is 2.44 bits per heavy atom. The van der Waals surface area contributed by atoms with Crippen LogP contribution in [0, 0.1) is 11.7 Å². The molecule has 1 saturated carbocycles. The molecule has 1 aliphatic carbocycles. The number of nitrogens with zero attached hydrogens (tertiary/aromatic N) is 1. The predicted molar refractivity (Wildman–Crippen MR) is 98.7 cm³/mol. The van der Waals surface area contributed by atoms with Crippen molar-refractivity contribution in [2.45, 2.75) is 38.5 Å². The van der Waals surface area contributed by atoms with Gasteiger partial charge in [-0.3, -0.25) is 4.99 Å². The number of ether oxygens (including phenoxy) is 1. The fourth-order valence-electron chi connectivity index (χ4n) is 3.44. The minimum absolute atomic E-state index is 0.151. The second-order valence-electron chi connectivity index (χ2n) is 6.85. The van der Waals surface area contributed by atoms with Crippen molar-refractivity contribution in [3.8, 4) is 11.5 Å². The van der Waals surface area contributed by atoms with E-state index in [1.165, 1.54) is 18.3 Å². The number of aromatic hydroxyl groups is 1. The zero-order chi connectivity index (χ0) is 17.8. The third-order valence-electron chi connectivity index (χ3n) is 5.01. The Bertz CT molecular complexity index is 747. The summed E-state index contributed by atoms with van der Waals surface area (Å²) in [7, 11) is 1.61. The first kappa shape index (κ1) is 17.5. The van der Waals surface area contributed by atoms with Crippen LogP contribution in [0.2, 0.25) is 0 Å². The molecule has 3 nitrogen and oxygen atoms in total. The minimum Gasteiger partial charge on any atom is -0.507 e. The van der Waals surface area contributed by atoms with Crippen molar-refractivity contribution < 1.29 is 14.2 Å². The van der Waals surface area contributed by atoms with E-state index in [2.05, 4.69) is 11.9 Å². The van der Waals surface area contributed by atoms with Gasteiger partial charge < -0.3 is 9.84 Å². The van der Waals surface area contributed by atoms with Crippen molar-refractivity contribution in [3.05, 3.63) is 53.3 Å². The molecule has 0 amide bonds. The third kappa shape index (κ3) is 4.19. The second kappa shape index (κ2) is 7.68. The maximum absolute atomic E-state index is 14.1. The summed E-state index contributed by atoms with van der Waals surface area (Å²) >= 11 is 0. The summed E-state index contributed by atoms with van der Waals surface area (Å²) in [6, 6.07) is 10.1. The first-order valence-electron chi connectivity index (χ1n) is 8.77. The number of methoxy groups -OCH3 is 1. The average Bonchev–Trinajstić information content (AvgIpc) is 2.63. The van der Waals surface area contributed by atoms with Gasteiger partial charge in [-0.2, -0.15) is 0 Å². The fourth-order valence-corrected chi connectivity index (χ4v) is 3.44. The summed E-state index contributed by atoms with van der Waals surface area (Å²) in [6.45, 7) is 2.24. The van der Waals surface area contributed by atoms with Gasteiger partial charge in [0, 0.05) is 17.3 Å². The minimum atomic E-state index is -0.331. The van der Waals surface area contributed by atoms with Crippen molar-refractivity contribution in [1.29, 1.82) is 0 Å². The average molecular weight is 341 g/mol. The number of hydrogen-bond acceptors (Lipinski definition) is 3. The maximum atomic E-state index is 14.1. The summed E-state index contributed by atoms with van der Waals surface area (Å²) in [5, 5.41) is 10.6. The first-order valence-corrected chi connectivity index (χ1v) is 8.77. The smallest absolute Gasteiger partial charge is 0.128 e. The van der Waals surface area contributed by atoms with Crippen LogP contribution >= 0.6 is 0 Å². The van der Waals surface area contributed by atoms with Crippen LogP contribution in [0.3, 0.4) is 0 Å². The van der Waals surface area contributed by atoms with Gasteiger partial charge in [-0.1, -0.05) is 19.8 Å². The Labute approximate surface area is 148 Å². The molecule has 1 N–H and O–H groups in total. The van der Waals surface area contributed by atoms with Crippen molar-refractivity contribution in [1.82, 2.24) is 0 Å². The molecule has 0 saturated heterocycles. The molecule has 0 radical (unpaired) electrons. The summed E-state index contributed by atoms with van der Waals surface area (Å²) in [5.74, 6) is 1.50. The van der Waals surface area contributed by atoms with Crippen molar-refractivity contribution in [3.63, 3.8) is 0 Å². The van der Waals surface area contributed by atoms with Crippen LogP contribution in [-0.2, 0) is 0 Å². The second-order valence-corrected chi connectivity index (χ2v) is 6.85. The topological polar surface area (TPSA) is 41.8 Å². The molecule has 4 heteroatoms. The molecule has 0 unspecified atom stereocenters. The molecule has 0 spiro atoms. The van der Waals surface area contributed by atoms with Gasteiger partial charge in [0.2, 0.25) is 0 Å². The number of phenolic OH excluding ortho intramolecular Hbond substituents is 1. The molecule has 2 aromatic carbocycles. The Balaban J connectivity index is 1.84. The van der Waals surface area contributed by atoms with Gasteiger partial charge in [-0.05, 0) is 61.1 Å². The molecule has 25 heavy (non-hydrogen) atoms. The lowest BCUT2D eigenvalue weighted by atomic mass is 9.79. The summed E-state index contributed by atoms with van der Waals surface area (Å²) in [5.41, 5.74) is 1.85. The highest BCUT2D eigenvalue weighted by molar-refractivity contribution is 5.86. The number of phenols is 1. The monoisotopic (exact) mass is 341 g/mol. The Morgan fingerprint density at radius 1 is 1.12 bits per heavy atom. The molecule has 0 aliphatic heterocycles. The summed E-state index contributed by atoms with van der Waals surface area (Å²) in [6.07, 6.45) is 5.75. The number of aliphatic imine (C=N–C) groups is 1. The van der Waals surface area contributed by atoms with Gasteiger partial charge in [0.05, 0.1) is 12.8 Å². The largest absolute Gasteiger partial charge is 0.507 e.